The van der Waals surface area contributed by atoms with Crippen molar-refractivity contribution in [2.45, 2.75) is 33.6 Å². The van der Waals surface area contributed by atoms with Crippen molar-refractivity contribution in [2.24, 2.45) is 10.8 Å². The second-order valence-electron chi connectivity index (χ2n) is 5.08. The van der Waals surface area contributed by atoms with Crippen LogP contribution in [0.2, 0.25) is 0 Å². The van der Waals surface area contributed by atoms with Gasteiger partial charge in [-0.25, -0.2) is 0 Å². The summed E-state index contributed by atoms with van der Waals surface area (Å²) < 4.78 is 0. The molecule has 1 aliphatic carbocycles. The highest BCUT2D eigenvalue weighted by molar-refractivity contribution is 5.98. The first kappa shape index (κ1) is 11.0. The zero-order chi connectivity index (χ0) is 11.0. The van der Waals surface area contributed by atoms with Gasteiger partial charge in [0.2, 0.25) is 5.78 Å². The van der Waals surface area contributed by atoms with Crippen LogP contribution in [0.3, 0.4) is 0 Å². The average Bonchev–Trinajstić information content (AvgIpc) is 1.98. The van der Waals surface area contributed by atoms with Crippen molar-refractivity contribution in [1.82, 2.24) is 0 Å². The number of ketones is 1. The van der Waals surface area contributed by atoms with Gasteiger partial charge in [0.25, 0.3) is 0 Å². The molecule has 1 unspecified atom stereocenters. The molecule has 14 heavy (non-hydrogen) atoms. The van der Waals surface area contributed by atoms with Gasteiger partial charge in [-0.05, 0) is 24.3 Å². The van der Waals surface area contributed by atoms with Crippen LogP contribution >= 0.6 is 0 Å². The van der Waals surface area contributed by atoms with Crippen LogP contribution in [0.4, 0.5) is 0 Å². The number of hydrogen-bond donors (Lipinski definition) is 1. The van der Waals surface area contributed by atoms with Crippen molar-refractivity contribution < 1.29 is 9.90 Å². The lowest BCUT2D eigenvalue weighted by atomic mass is 9.65. The maximum atomic E-state index is 11.8. The number of aliphatic hydroxyl groups excluding tert-OH is 1. The Morgan fingerprint density at radius 2 is 2.14 bits per heavy atom. The lowest BCUT2D eigenvalue weighted by molar-refractivity contribution is -0.129. The van der Waals surface area contributed by atoms with Crippen LogP contribution in [0.5, 0.6) is 0 Å². The third-order valence-corrected chi connectivity index (χ3v) is 2.75. The van der Waals surface area contributed by atoms with Gasteiger partial charge in [-0.3, -0.25) is 4.79 Å². The van der Waals surface area contributed by atoms with Crippen LogP contribution in [0.25, 0.3) is 0 Å². The van der Waals surface area contributed by atoms with Crippen molar-refractivity contribution in [1.29, 1.82) is 0 Å². The maximum Gasteiger partial charge on any atom is 0.202 e. The fourth-order valence-corrected chi connectivity index (χ4v) is 2.37. The Hall–Kier alpha value is -1.05. The smallest absolute Gasteiger partial charge is 0.202 e. The van der Waals surface area contributed by atoms with Gasteiger partial charge in [0.05, 0.1) is 0 Å². The van der Waals surface area contributed by atoms with E-state index in [-0.39, 0.29) is 17.0 Å². The minimum absolute atomic E-state index is 0.0920. The summed E-state index contributed by atoms with van der Waals surface area (Å²) >= 11 is 0. The summed E-state index contributed by atoms with van der Waals surface area (Å²) in [5, 5.41) is 9.55. The van der Waals surface area contributed by atoms with E-state index in [2.05, 4.69) is 6.58 Å². The predicted octanol–water partition coefficient (Wildman–Crippen LogP) is 3.01. The van der Waals surface area contributed by atoms with Crippen LogP contribution in [0.15, 0.2) is 24.5 Å². The molecule has 0 amide bonds. The van der Waals surface area contributed by atoms with Gasteiger partial charge in [-0.15, -0.1) is 6.58 Å². The van der Waals surface area contributed by atoms with Crippen LogP contribution < -0.4 is 0 Å². The number of aliphatic hydroxyl groups is 1. The fourth-order valence-electron chi connectivity index (χ4n) is 2.37. The Balaban J connectivity index is 3.08. The molecule has 0 aliphatic heterocycles. The van der Waals surface area contributed by atoms with Gasteiger partial charge in [-0.2, -0.15) is 0 Å². The minimum Gasteiger partial charge on any atom is -0.505 e. The summed E-state index contributed by atoms with van der Waals surface area (Å²) in [6.45, 7) is 9.59. The minimum atomic E-state index is -0.482. The summed E-state index contributed by atoms with van der Waals surface area (Å²) in [5.41, 5.74) is -0.597. The first-order valence-corrected chi connectivity index (χ1v) is 4.88. The molecule has 0 aromatic heterocycles. The van der Waals surface area contributed by atoms with Gasteiger partial charge in [0, 0.05) is 5.41 Å². The second kappa shape index (κ2) is 3.26. The summed E-state index contributed by atoms with van der Waals surface area (Å²) in [6, 6.07) is 0. The molecule has 1 aliphatic rings. The van der Waals surface area contributed by atoms with E-state index in [9.17, 15) is 9.90 Å². The first-order valence-electron chi connectivity index (χ1n) is 4.88. The Morgan fingerprint density at radius 1 is 1.57 bits per heavy atom. The number of allylic oxidation sites excluding steroid dienone is 3. The molecule has 0 heterocycles. The fraction of sp³-hybridized carbons (Fsp3) is 0.583. The molecular weight excluding hydrogens is 176 g/mol. The molecule has 0 fully saturated rings. The average molecular weight is 194 g/mol. The third-order valence-electron chi connectivity index (χ3n) is 2.75. The van der Waals surface area contributed by atoms with Crippen molar-refractivity contribution in [3.8, 4) is 0 Å². The van der Waals surface area contributed by atoms with Crippen molar-refractivity contribution >= 4 is 5.78 Å². The van der Waals surface area contributed by atoms with Gasteiger partial charge in [0.15, 0.2) is 5.76 Å². The summed E-state index contributed by atoms with van der Waals surface area (Å²) in [7, 11) is 0. The van der Waals surface area contributed by atoms with Crippen LogP contribution in [-0.2, 0) is 4.79 Å². The zero-order valence-electron chi connectivity index (χ0n) is 9.13. The Kier molecular flexibility index (Phi) is 2.57. The quantitative estimate of drug-likeness (QED) is 0.686. The summed E-state index contributed by atoms with van der Waals surface area (Å²) in [4.78, 5) is 11.8. The highest BCUT2D eigenvalue weighted by Crippen LogP contribution is 2.44. The lowest BCUT2D eigenvalue weighted by Gasteiger charge is -2.38. The highest BCUT2D eigenvalue weighted by atomic mass is 16.3. The predicted molar refractivity (Wildman–Crippen MR) is 57.0 cm³/mol. The van der Waals surface area contributed by atoms with Crippen molar-refractivity contribution in [3.05, 3.63) is 24.5 Å². The normalized spacial score (nSPS) is 31.1. The standard InChI is InChI=1S/C12H18O2/c1-5-6-12(4)8-11(2,3)7-9(13)10(12)14/h5,7,13H,1,6,8H2,2-4H3. The molecule has 1 N–H and O–H groups in total. The topological polar surface area (TPSA) is 37.3 Å². The molecular formula is C12H18O2. The van der Waals surface area contributed by atoms with Crippen molar-refractivity contribution in [3.63, 3.8) is 0 Å². The molecule has 1 atom stereocenters. The van der Waals surface area contributed by atoms with Crippen molar-refractivity contribution in [2.75, 3.05) is 0 Å². The van der Waals surface area contributed by atoms with E-state index in [1.807, 2.05) is 20.8 Å². The molecule has 0 spiro atoms. The molecule has 0 radical (unpaired) electrons. The molecule has 0 aromatic rings. The molecule has 0 saturated heterocycles. The first-order chi connectivity index (χ1) is 6.31. The van der Waals surface area contributed by atoms with E-state index in [0.29, 0.717) is 6.42 Å². The largest absolute Gasteiger partial charge is 0.505 e. The summed E-state index contributed by atoms with van der Waals surface area (Å²) in [6.07, 6.45) is 4.77. The molecule has 1 rings (SSSR count). The van der Waals surface area contributed by atoms with Crippen LogP contribution in [-0.4, -0.2) is 10.9 Å². The number of rotatable bonds is 2. The molecule has 0 bridgehead atoms. The molecule has 78 valence electrons. The Labute approximate surface area is 85.3 Å². The summed E-state index contributed by atoms with van der Waals surface area (Å²) in [5.74, 6) is -0.248. The molecule has 2 nitrogen and oxygen atoms in total. The molecule has 0 aromatic carbocycles. The monoisotopic (exact) mass is 194 g/mol. The van der Waals surface area contributed by atoms with Gasteiger partial charge in [0.1, 0.15) is 0 Å². The highest BCUT2D eigenvalue weighted by Gasteiger charge is 2.42. The zero-order valence-corrected chi connectivity index (χ0v) is 9.13. The van der Waals surface area contributed by atoms with E-state index in [4.69, 9.17) is 0 Å². The van der Waals surface area contributed by atoms with E-state index in [0.717, 1.165) is 6.42 Å². The number of carbonyl (C=O) groups is 1. The van der Waals surface area contributed by atoms with E-state index < -0.39 is 5.41 Å². The maximum absolute atomic E-state index is 11.8. The lowest BCUT2D eigenvalue weighted by Crippen LogP contribution is -2.37. The Morgan fingerprint density at radius 3 is 2.64 bits per heavy atom. The molecule has 2 heteroatoms. The van der Waals surface area contributed by atoms with E-state index >= 15 is 0 Å². The van der Waals surface area contributed by atoms with E-state index in [1.165, 1.54) is 0 Å². The van der Waals surface area contributed by atoms with Crippen LogP contribution in [0.1, 0.15) is 33.6 Å². The van der Waals surface area contributed by atoms with Gasteiger partial charge in [-0.1, -0.05) is 26.8 Å². The Bertz CT molecular complexity index is 299. The number of Topliss-reactive ketones (excluding diaryl/α,β-unsaturated/α-hetero) is 1. The second-order valence-corrected chi connectivity index (χ2v) is 5.08. The number of carbonyl (C=O) groups excluding carboxylic acids is 1. The van der Waals surface area contributed by atoms with E-state index in [1.54, 1.807) is 12.2 Å². The SMILES string of the molecule is C=CCC1(C)CC(C)(C)C=C(O)C1=O. The molecule has 0 saturated carbocycles. The number of hydrogen-bond acceptors (Lipinski definition) is 2. The van der Waals surface area contributed by atoms with Crippen LogP contribution in [0, 0.1) is 10.8 Å². The third kappa shape index (κ3) is 1.89. The van der Waals surface area contributed by atoms with Gasteiger partial charge >= 0.3 is 0 Å². The van der Waals surface area contributed by atoms with Gasteiger partial charge < -0.3 is 5.11 Å².